The number of rotatable bonds is 5. The largest absolute Gasteiger partial charge is 0.510 e. The highest BCUT2D eigenvalue weighted by atomic mass is 16.5. The first-order valence-corrected chi connectivity index (χ1v) is 5.29. The molecule has 1 aromatic rings. The zero-order valence-corrected chi connectivity index (χ0v) is 10.4. The van der Waals surface area contributed by atoms with Crippen LogP contribution in [-0.2, 0) is 9.53 Å². The molecule has 0 aliphatic carbocycles. The van der Waals surface area contributed by atoms with Crippen LogP contribution in [0, 0.1) is 0 Å². The number of allylic oxidation sites excluding steroid dienone is 1. The number of hydrogen-bond donors (Lipinski definition) is 3. The fraction of sp³-hybridized carbons (Fsp3) is 0.300. The number of nitrogens with zero attached hydrogens (tertiary/aromatic N) is 3. The van der Waals surface area contributed by atoms with E-state index in [-0.39, 0.29) is 29.6 Å². The third-order valence-corrected chi connectivity index (χ3v) is 1.92. The number of azo groups is 1. The van der Waals surface area contributed by atoms with Crippen LogP contribution in [0.25, 0.3) is 0 Å². The van der Waals surface area contributed by atoms with Crippen LogP contribution >= 0.6 is 0 Å². The summed E-state index contributed by atoms with van der Waals surface area (Å²) in [7, 11) is 0. The van der Waals surface area contributed by atoms with Crippen LogP contribution in [0.4, 0.5) is 5.82 Å². The number of carbonyl (C=O) groups is 2. The van der Waals surface area contributed by atoms with E-state index in [4.69, 9.17) is 5.73 Å². The van der Waals surface area contributed by atoms with Crippen molar-refractivity contribution in [3.8, 4) is 0 Å². The fourth-order valence-electron chi connectivity index (χ4n) is 1.10. The summed E-state index contributed by atoms with van der Waals surface area (Å²) in [4.78, 5) is 28.6. The van der Waals surface area contributed by atoms with Crippen LogP contribution < -0.4 is 5.73 Å². The summed E-state index contributed by atoms with van der Waals surface area (Å²) in [5, 5.41) is 16.4. The molecule has 0 atom stereocenters. The second-order valence-corrected chi connectivity index (χ2v) is 3.32. The number of esters is 1. The van der Waals surface area contributed by atoms with E-state index in [0.717, 1.165) is 0 Å². The van der Waals surface area contributed by atoms with Crippen molar-refractivity contribution in [2.45, 2.75) is 13.8 Å². The Kier molecular flexibility index (Phi) is 4.75. The van der Waals surface area contributed by atoms with Crippen LogP contribution in [0.5, 0.6) is 0 Å². The Morgan fingerprint density at radius 3 is 2.79 bits per heavy atom. The first-order valence-electron chi connectivity index (χ1n) is 5.29. The molecule has 102 valence electrons. The van der Waals surface area contributed by atoms with Crippen LogP contribution in [0.1, 0.15) is 24.3 Å². The molecule has 0 saturated carbocycles. The quantitative estimate of drug-likeness (QED) is 0.315. The summed E-state index contributed by atoms with van der Waals surface area (Å²) in [6.45, 7) is 2.99. The van der Waals surface area contributed by atoms with Crippen LogP contribution in [0.3, 0.4) is 0 Å². The van der Waals surface area contributed by atoms with Gasteiger partial charge in [-0.25, -0.2) is 9.78 Å². The van der Waals surface area contributed by atoms with Gasteiger partial charge in [0, 0.05) is 0 Å². The molecule has 1 heterocycles. The smallest absolute Gasteiger partial charge is 0.362 e. The van der Waals surface area contributed by atoms with Crippen molar-refractivity contribution < 1.29 is 19.4 Å². The Hall–Kier alpha value is -2.71. The molecule has 0 spiro atoms. The van der Waals surface area contributed by atoms with Gasteiger partial charge in [-0.05, 0) is 13.8 Å². The van der Waals surface area contributed by atoms with E-state index >= 15 is 0 Å². The predicted molar refractivity (Wildman–Crippen MR) is 63.6 cm³/mol. The fourth-order valence-corrected chi connectivity index (χ4v) is 1.10. The van der Waals surface area contributed by atoms with E-state index in [2.05, 4.69) is 24.9 Å². The second kappa shape index (κ2) is 6.28. The standard InChI is InChI=1S/C10H13N5O4/c1-3-19-10(18)6(5(2)16)14-15-9-7(8(11)17)12-4-13-9/h4,16H,3H2,1-2H3,(H2,11,17)(H,12,13)/b6-5+,15-14?. The first kappa shape index (κ1) is 14.4. The minimum Gasteiger partial charge on any atom is -0.510 e. The lowest BCUT2D eigenvalue weighted by molar-refractivity contribution is -0.138. The Morgan fingerprint density at radius 1 is 1.58 bits per heavy atom. The van der Waals surface area contributed by atoms with Gasteiger partial charge < -0.3 is 20.6 Å². The molecule has 0 aromatic carbocycles. The van der Waals surface area contributed by atoms with E-state index in [0.29, 0.717) is 0 Å². The van der Waals surface area contributed by atoms with E-state index in [1.807, 2.05) is 0 Å². The summed E-state index contributed by atoms with van der Waals surface area (Å²) in [6.07, 6.45) is 1.20. The maximum absolute atomic E-state index is 11.4. The Balaban J connectivity index is 3.01. The number of hydrogen-bond acceptors (Lipinski definition) is 7. The number of aliphatic hydroxyl groups is 1. The third-order valence-electron chi connectivity index (χ3n) is 1.92. The molecule has 1 amide bonds. The monoisotopic (exact) mass is 267 g/mol. The average molecular weight is 267 g/mol. The normalized spacial score (nSPS) is 12.3. The van der Waals surface area contributed by atoms with Gasteiger partial charge in [-0.2, -0.15) is 0 Å². The van der Waals surface area contributed by atoms with Crippen LogP contribution in [0.15, 0.2) is 28.0 Å². The molecular formula is C10H13N5O4. The number of primary amides is 1. The van der Waals surface area contributed by atoms with Crippen molar-refractivity contribution in [3.63, 3.8) is 0 Å². The highest BCUT2D eigenvalue weighted by Crippen LogP contribution is 2.16. The summed E-state index contributed by atoms with van der Waals surface area (Å²) in [6, 6.07) is 0. The Morgan fingerprint density at radius 2 is 2.26 bits per heavy atom. The molecule has 0 fully saturated rings. The first-order chi connectivity index (χ1) is 8.97. The third kappa shape index (κ3) is 3.63. The number of carbonyl (C=O) groups excluding carboxylic acids is 2. The molecule has 4 N–H and O–H groups in total. The maximum Gasteiger partial charge on any atom is 0.362 e. The molecular weight excluding hydrogens is 254 g/mol. The maximum atomic E-state index is 11.4. The Labute approximate surface area is 108 Å². The zero-order valence-electron chi connectivity index (χ0n) is 10.4. The molecule has 19 heavy (non-hydrogen) atoms. The van der Waals surface area contributed by atoms with E-state index < -0.39 is 11.9 Å². The number of nitrogens with one attached hydrogen (secondary N) is 1. The van der Waals surface area contributed by atoms with E-state index in [1.54, 1.807) is 6.92 Å². The minimum absolute atomic E-state index is 0.0532. The lowest BCUT2D eigenvalue weighted by Gasteiger charge is -2.01. The number of aliphatic hydroxyl groups excluding tert-OH is 1. The Bertz CT molecular complexity index is 542. The number of aromatic amines is 1. The summed E-state index contributed by atoms with van der Waals surface area (Å²) in [5.41, 5.74) is 4.64. The van der Waals surface area contributed by atoms with Gasteiger partial charge in [0.1, 0.15) is 5.76 Å². The SMILES string of the molecule is CCOC(=O)/C(N=Nc1nc[nH]c1C(N)=O)=C(/C)O. The molecule has 1 rings (SSSR count). The lowest BCUT2D eigenvalue weighted by Crippen LogP contribution is -2.11. The van der Waals surface area contributed by atoms with Crippen LogP contribution in [0.2, 0.25) is 0 Å². The molecule has 0 unspecified atom stereocenters. The van der Waals surface area contributed by atoms with E-state index in [1.165, 1.54) is 13.3 Å². The second-order valence-electron chi connectivity index (χ2n) is 3.32. The highest BCUT2D eigenvalue weighted by Gasteiger charge is 2.15. The van der Waals surface area contributed by atoms with Crippen molar-refractivity contribution in [3.05, 3.63) is 23.5 Å². The van der Waals surface area contributed by atoms with Crippen molar-refractivity contribution in [1.82, 2.24) is 9.97 Å². The molecule has 0 aliphatic rings. The van der Waals surface area contributed by atoms with Gasteiger partial charge in [0.15, 0.2) is 5.69 Å². The number of amides is 1. The lowest BCUT2D eigenvalue weighted by atomic mass is 10.4. The van der Waals surface area contributed by atoms with E-state index in [9.17, 15) is 14.7 Å². The number of ether oxygens (including phenoxy) is 1. The minimum atomic E-state index is -0.831. The van der Waals surface area contributed by atoms with Gasteiger partial charge in [0.05, 0.1) is 12.9 Å². The molecule has 9 heteroatoms. The molecule has 9 nitrogen and oxygen atoms in total. The topological polar surface area (TPSA) is 143 Å². The summed E-state index contributed by atoms with van der Waals surface area (Å²) in [5.74, 6) is -2.05. The van der Waals surface area contributed by atoms with Gasteiger partial charge in [-0.1, -0.05) is 0 Å². The molecule has 0 aliphatic heterocycles. The molecule has 1 aromatic heterocycles. The van der Waals surface area contributed by atoms with Gasteiger partial charge >= 0.3 is 5.97 Å². The van der Waals surface area contributed by atoms with Crippen LogP contribution in [-0.4, -0.2) is 33.6 Å². The van der Waals surface area contributed by atoms with Gasteiger partial charge in [-0.3, -0.25) is 4.79 Å². The van der Waals surface area contributed by atoms with Gasteiger partial charge in [0.2, 0.25) is 11.5 Å². The summed E-state index contributed by atoms with van der Waals surface area (Å²) < 4.78 is 4.68. The predicted octanol–water partition coefficient (Wildman–Crippen LogP) is 0.945. The van der Waals surface area contributed by atoms with Crippen molar-refractivity contribution in [2.24, 2.45) is 16.0 Å². The number of aromatic nitrogens is 2. The molecule has 0 bridgehead atoms. The molecule has 0 saturated heterocycles. The van der Waals surface area contributed by atoms with Gasteiger partial charge in [-0.15, -0.1) is 10.2 Å². The highest BCUT2D eigenvalue weighted by molar-refractivity contribution is 5.95. The van der Waals surface area contributed by atoms with Crippen molar-refractivity contribution in [1.29, 1.82) is 0 Å². The molecule has 0 radical (unpaired) electrons. The zero-order chi connectivity index (χ0) is 14.4. The number of H-pyrrole nitrogens is 1. The number of nitrogens with two attached hydrogens (primary N) is 1. The van der Waals surface area contributed by atoms with Crippen molar-refractivity contribution >= 4 is 17.7 Å². The van der Waals surface area contributed by atoms with Gasteiger partial charge in [0.25, 0.3) is 5.91 Å². The van der Waals surface area contributed by atoms with Crippen molar-refractivity contribution in [2.75, 3.05) is 6.61 Å². The number of imidazole rings is 1. The average Bonchev–Trinajstić information content (AvgIpc) is 2.77. The summed E-state index contributed by atoms with van der Waals surface area (Å²) >= 11 is 0.